The highest BCUT2D eigenvalue weighted by Crippen LogP contribution is 2.34. The van der Waals surface area contributed by atoms with Gasteiger partial charge in [-0.25, -0.2) is 0 Å². The van der Waals surface area contributed by atoms with Crippen LogP contribution in [0.25, 0.3) is 0 Å². The molecule has 140 valence electrons. The Labute approximate surface area is 154 Å². The monoisotopic (exact) mass is 370 g/mol. The molecule has 3 rings (SSSR count). The number of nitrogens with one attached hydrogen (secondary N) is 1. The third-order valence-corrected chi connectivity index (χ3v) is 4.72. The molecular formula is C18H18N4O5. The van der Waals surface area contributed by atoms with Crippen molar-refractivity contribution in [3.05, 3.63) is 67.8 Å². The van der Waals surface area contributed by atoms with E-state index in [0.717, 1.165) is 11.3 Å². The van der Waals surface area contributed by atoms with Crippen molar-refractivity contribution in [1.29, 1.82) is 0 Å². The van der Waals surface area contributed by atoms with Gasteiger partial charge in [-0.2, -0.15) is 0 Å². The molecule has 2 aromatic rings. The Bertz CT molecular complexity index is 943. The number of nitro benzene ring substituents is 2. The highest BCUT2D eigenvalue weighted by molar-refractivity contribution is 5.95. The number of nitro groups is 2. The van der Waals surface area contributed by atoms with E-state index in [-0.39, 0.29) is 29.9 Å². The molecule has 0 aliphatic carbocycles. The van der Waals surface area contributed by atoms with E-state index in [9.17, 15) is 25.0 Å². The Morgan fingerprint density at radius 3 is 2.63 bits per heavy atom. The first-order valence-electron chi connectivity index (χ1n) is 8.35. The molecule has 9 heteroatoms. The topological polar surface area (TPSA) is 119 Å². The van der Waals surface area contributed by atoms with Crippen LogP contribution in [0.2, 0.25) is 0 Å². The largest absolute Gasteiger partial charge is 0.359 e. The van der Waals surface area contributed by atoms with Crippen molar-refractivity contribution in [2.75, 3.05) is 16.8 Å². The van der Waals surface area contributed by atoms with Crippen LogP contribution < -0.4 is 10.2 Å². The molecule has 0 saturated heterocycles. The lowest BCUT2D eigenvalue weighted by molar-refractivity contribution is -0.385. The lowest BCUT2D eigenvalue weighted by Crippen LogP contribution is -2.37. The number of fused-ring (bicyclic) bond motifs is 1. The van der Waals surface area contributed by atoms with Gasteiger partial charge in [-0.05, 0) is 38.0 Å². The third-order valence-electron chi connectivity index (χ3n) is 4.72. The first-order chi connectivity index (χ1) is 12.8. The fraction of sp³-hybridized carbons (Fsp3) is 0.278. The number of hydrogen-bond donors (Lipinski definition) is 1. The number of non-ortho nitro benzene ring substituents is 1. The quantitative estimate of drug-likeness (QED) is 0.638. The summed E-state index contributed by atoms with van der Waals surface area (Å²) < 4.78 is 0. The van der Waals surface area contributed by atoms with Gasteiger partial charge in [-0.1, -0.05) is 6.07 Å². The molecule has 1 aliphatic heterocycles. The van der Waals surface area contributed by atoms with Crippen LogP contribution in [0.1, 0.15) is 18.1 Å². The zero-order valence-electron chi connectivity index (χ0n) is 14.8. The second-order valence-corrected chi connectivity index (χ2v) is 6.51. The van der Waals surface area contributed by atoms with Crippen molar-refractivity contribution in [3.63, 3.8) is 0 Å². The van der Waals surface area contributed by atoms with Crippen molar-refractivity contribution in [2.45, 2.75) is 26.3 Å². The fourth-order valence-electron chi connectivity index (χ4n) is 3.34. The number of carbonyl (C=O) groups excluding carboxylic acids is 1. The van der Waals surface area contributed by atoms with Crippen molar-refractivity contribution >= 4 is 28.7 Å². The normalized spacial score (nSPS) is 15.3. The highest BCUT2D eigenvalue weighted by atomic mass is 16.6. The summed E-state index contributed by atoms with van der Waals surface area (Å²) in [6.45, 7) is 3.58. The summed E-state index contributed by atoms with van der Waals surface area (Å²) in [4.78, 5) is 35.4. The SMILES string of the molecule is Cc1c(NC(=O)CN2c3ccc([N+](=O)[O-])cc3CC2C)cccc1[N+](=O)[O-]. The summed E-state index contributed by atoms with van der Waals surface area (Å²) in [6, 6.07) is 9.15. The van der Waals surface area contributed by atoms with Crippen LogP contribution in [-0.2, 0) is 11.2 Å². The smallest absolute Gasteiger partial charge is 0.274 e. The Morgan fingerprint density at radius 1 is 1.22 bits per heavy atom. The summed E-state index contributed by atoms with van der Waals surface area (Å²) in [5, 5.41) is 24.7. The van der Waals surface area contributed by atoms with Crippen molar-refractivity contribution in [3.8, 4) is 0 Å². The molecule has 1 unspecified atom stereocenters. The lowest BCUT2D eigenvalue weighted by Gasteiger charge is -2.24. The van der Waals surface area contributed by atoms with E-state index in [1.165, 1.54) is 24.3 Å². The summed E-state index contributed by atoms with van der Waals surface area (Å²) in [5.41, 5.74) is 2.38. The molecule has 9 nitrogen and oxygen atoms in total. The van der Waals surface area contributed by atoms with E-state index in [1.54, 1.807) is 19.1 Å². The molecule has 0 aromatic heterocycles. The van der Waals surface area contributed by atoms with Crippen LogP contribution in [-0.4, -0.2) is 28.3 Å². The highest BCUT2D eigenvalue weighted by Gasteiger charge is 2.29. The molecule has 0 fully saturated rings. The molecule has 0 bridgehead atoms. The van der Waals surface area contributed by atoms with E-state index in [0.29, 0.717) is 17.7 Å². The number of nitrogens with zero attached hydrogens (tertiary/aromatic N) is 3. The summed E-state index contributed by atoms with van der Waals surface area (Å²) in [6.07, 6.45) is 0.611. The van der Waals surface area contributed by atoms with Gasteiger partial charge in [0.05, 0.1) is 27.6 Å². The van der Waals surface area contributed by atoms with E-state index in [2.05, 4.69) is 5.32 Å². The first kappa shape index (κ1) is 18.3. The number of benzene rings is 2. The van der Waals surface area contributed by atoms with Gasteiger partial charge >= 0.3 is 0 Å². The molecule has 0 spiro atoms. The van der Waals surface area contributed by atoms with Gasteiger partial charge < -0.3 is 10.2 Å². The van der Waals surface area contributed by atoms with Gasteiger partial charge in [-0.15, -0.1) is 0 Å². The molecule has 1 N–H and O–H groups in total. The minimum Gasteiger partial charge on any atom is -0.359 e. The maximum absolute atomic E-state index is 12.5. The molecule has 1 aliphatic rings. The van der Waals surface area contributed by atoms with E-state index in [4.69, 9.17) is 0 Å². The number of amides is 1. The molecule has 0 radical (unpaired) electrons. The van der Waals surface area contributed by atoms with Crippen LogP contribution >= 0.6 is 0 Å². The van der Waals surface area contributed by atoms with Gasteiger partial charge in [0.1, 0.15) is 0 Å². The molecule has 2 aromatic carbocycles. The van der Waals surface area contributed by atoms with Gasteiger partial charge in [-0.3, -0.25) is 25.0 Å². The number of carbonyl (C=O) groups is 1. The van der Waals surface area contributed by atoms with Crippen LogP contribution in [0.15, 0.2) is 36.4 Å². The molecule has 1 atom stereocenters. The molecule has 1 amide bonds. The average molecular weight is 370 g/mol. The predicted octanol–water partition coefficient (Wildman–Crippen LogP) is 3.20. The summed E-state index contributed by atoms with van der Waals surface area (Å²) in [7, 11) is 0. The van der Waals surface area contributed by atoms with Crippen LogP contribution in [0, 0.1) is 27.2 Å². The van der Waals surface area contributed by atoms with E-state index >= 15 is 0 Å². The Balaban J connectivity index is 1.77. The van der Waals surface area contributed by atoms with Gasteiger partial charge in [0.25, 0.3) is 11.4 Å². The van der Waals surface area contributed by atoms with Gasteiger partial charge in [0, 0.05) is 29.9 Å². The third kappa shape index (κ3) is 3.57. The lowest BCUT2D eigenvalue weighted by atomic mass is 10.1. The van der Waals surface area contributed by atoms with Gasteiger partial charge in [0.15, 0.2) is 0 Å². The minimum absolute atomic E-state index is 0.0129. The summed E-state index contributed by atoms with van der Waals surface area (Å²) >= 11 is 0. The van der Waals surface area contributed by atoms with Crippen molar-refractivity contribution in [1.82, 2.24) is 0 Å². The van der Waals surface area contributed by atoms with Crippen LogP contribution in [0.5, 0.6) is 0 Å². The number of anilines is 2. The van der Waals surface area contributed by atoms with E-state index < -0.39 is 9.85 Å². The first-order valence-corrected chi connectivity index (χ1v) is 8.35. The Hall–Kier alpha value is -3.49. The van der Waals surface area contributed by atoms with E-state index in [1.807, 2.05) is 11.8 Å². The van der Waals surface area contributed by atoms with Crippen LogP contribution in [0.4, 0.5) is 22.7 Å². The fourth-order valence-corrected chi connectivity index (χ4v) is 3.34. The molecular weight excluding hydrogens is 352 g/mol. The maximum Gasteiger partial charge on any atom is 0.274 e. The van der Waals surface area contributed by atoms with Crippen molar-refractivity contribution < 1.29 is 14.6 Å². The second-order valence-electron chi connectivity index (χ2n) is 6.51. The maximum atomic E-state index is 12.5. The molecule has 0 saturated carbocycles. The minimum atomic E-state index is -0.489. The standard InChI is InChI=1S/C18H18N4O5/c1-11-8-13-9-14(21(24)25)6-7-17(13)20(11)10-18(23)19-15-4-3-5-16(12(15)2)22(26)27/h3-7,9,11H,8,10H2,1-2H3,(H,19,23). The Morgan fingerprint density at radius 2 is 1.96 bits per heavy atom. The van der Waals surface area contributed by atoms with Gasteiger partial charge in [0.2, 0.25) is 5.91 Å². The predicted molar refractivity (Wildman–Crippen MR) is 100 cm³/mol. The summed E-state index contributed by atoms with van der Waals surface area (Å²) in [5.74, 6) is -0.309. The number of rotatable bonds is 5. The Kier molecular flexibility index (Phi) is 4.76. The second kappa shape index (κ2) is 7.02. The average Bonchev–Trinajstić information content (AvgIpc) is 2.91. The zero-order chi connectivity index (χ0) is 19.7. The van der Waals surface area contributed by atoms with Crippen molar-refractivity contribution in [2.24, 2.45) is 0 Å². The molecule has 1 heterocycles. The van der Waals surface area contributed by atoms with Crippen LogP contribution in [0.3, 0.4) is 0 Å². The number of hydrogen-bond acceptors (Lipinski definition) is 6. The molecule has 27 heavy (non-hydrogen) atoms. The zero-order valence-corrected chi connectivity index (χ0v) is 14.8.